The third-order valence-corrected chi connectivity index (χ3v) is 1.47. The second-order valence-electron chi connectivity index (χ2n) is 2.19. The van der Waals surface area contributed by atoms with Gasteiger partial charge in [0.25, 0.3) is 0 Å². The Morgan fingerprint density at radius 2 is 1.90 bits per heavy atom. The van der Waals surface area contributed by atoms with Gasteiger partial charge < -0.3 is 0 Å². The summed E-state index contributed by atoms with van der Waals surface area (Å²) in [6, 6.07) is 9.86. The van der Waals surface area contributed by atoms with Crippen LogP contribution in [0.3, 0.4) is 0 Å². The highest BCUT2D eigenvalue weighted by Gasteiger charge is 2.00. The minimum atomic E-state index is -0.0128. The SMILES string of the molecule is C[C@H](ON)c1ccccc1. The molecule has 0 amide bonds. The van der Waals surface area contributed by atoms with Gasteiger partial charge in [-0.2, -0.15) is 0 Å². The van der Waals surface area contributed by atoms with E-state index in [-0.39, 0.29) is 6.10 Å². The number of hydrogen-bond donors (Lipinski definition) is 1. The summed E-state index contributed by atoms with van der Waals surface area (Å²) in [7, 11) is 0. The lowest BCUT2D eigenvalue weighted by Crippen LogP contribution is -2.04. The van der Waals surface area contributed by atoms with Gasteiger partial charge in [0.1, 0.15) is 6.10 Å². The zero-order valence-electron chi connectivity index (χ0n) is 5.95. The average molecular weight is 137 g/mol. The highest BCUT2D eigenvalue weighted by atomic mass is 16.6. The maximum Gasteiger partial charge on any atom is 0.101 e. The van der Waals surface area contributed by atoms with Gasteiger partial charge in [-0.3, -0.25) is 4.84 Å². The van der Waals surface area contributed by atoms with E-state index in [0.717, 1.165) is 5.56 Å². The predicted octanol–water partition coefficient (Wildman–Crippen LogP) is 1.64. The normalized spacial score (nSPS) is 13.0. The molecule has 0 radical (unpaired) electrons. The fraction of sp³-hybridized carbons (Fsp3) is 0.250. The van der Waals surface area contributed by atoms with Crippen LogP contribution in [0.15, 0.2) is 30.3 Å². The van der Waals surface area contributed by atoms with E-state index in [4.69, 9.17) is 5.90 Å². The molecule has 1 aromatic rings. The van der Waals surface area contributed by atoms with Gasteiger partial charge in [-0.25, -0.2) is 5.90 Å². The first-order valence-corrected chi connectivity index (χ1v) is 3.25. The Bertz CT molecular complexity index is 186. The van der Waals surface area contributed by atoms with E-state index < -0.39 is 0 Å². The van der Waals surface area contributed by atoms with Gasteiger partial charge in [-0.15, -0.1) is 0 Å². The largest absolute Gasteiger partial charge is 0.297 e. The quantitative estimate of drug-likeness (QED) is 0.629. The van der Waals surface area contributed by atoms with Crippen molar-refractivity contribution in [1.82, 2.24) is 0 Å². The van der Waals surface area contributed by atoms with Crippen molar-refractivity contribution >= 4 is 0 Å². The molecule has 2 heteroatoms. The number of benzene rings is 1. The molecule has 2 nitrogen and oxygen atoms in total. The Balaban J connectivity index is 2.75. The Kier molecular flexibility index (Phi) is 2.42. The van der Waals surface area contributed by atoms with Crippen LogP contribution in [0.1, 0.15) is 18.6 Å². The van der Waals surface area contributed by atoms with Gasteiger partial charge in [0.15, 0.2) is 0 Å². The fourth-order valence-corrected chi connectivity index (χ4v) is 0.803. The molecule has 0 bridgehead atoms. The number of rotatable bonds is 2. The van der Waals surface area contributed by atoms with Gasteiger partial charge in [-0.05, 0) is 12.5 Å². The van der Waals surface area contributed by atoms with Gasteiger partial charge in [0.2, 0.25) is 0 Å². The summed E-state index contributed by atoms with van der Waals surface area (Å²) in [4.78, 5) is 4.64. The van der Waals surface area contributed by atoms with Crippen molar-refractivity contribution in [2.45, 2.75) is 13.0 Å². The Morgan fingerprint density at radius 1 is 1.30 bits per heavy atom. The van der Waals surface area contributed by atoms with Gasteiger partial charge >= 0.3 is 0 Å². The summed E-state index contributed by atoms with van der Waals surface area (Å²) >= 11 is 0. The molecular formula is C8H11NO. The zero-order valence-corrected chi connectivity index (χ0v) is 5.95. The molecule has 1 aromatic carbocycles. The summed E-state index contributed by atoms with van der Waals surface area (Å²) < 4.78 is 0. The molecule has 1 rings (SSSR count). The lowest BCUT2D eigenvalue weighted by atomic mass is 10.1. The molecule has 54 valence electrons. The predicted molar refractivity (Wildman–Crippen MR) is 40.1 cm³/mol. The van der Waals surface area contributed by atoms with Gasteiger partial charge in [0, 0.05) is 0 Å². The Hall–Kier alpha value is -0.860. The van der Waals surface area contributed by atoms with Crippen molar-refractivity contribution in [3.05, 3.63) is 35.9 Å². The van der Waals surface area contributed by atoms with Gasteiger partial charge in [0.05, 0.1) is 0 Å². The monoisotopic (exact) mass is 137 g/mol. The summed E-state index contributed by atoms with van der Waals surface area (Å²) in [6.07, 6.45) is -0.0128. The van der Waals surface area contributed by atoms with Crippen LogP contribution < -0.4 is 5.90 Å². The van der Waals surface area contributed by atoms with Crippen LogP contribution >= 0.6 is 0 Å². The van der Waals surface area contributed by atoms with E-state index >= 15 is 0 Å². The van der Waals surface area contributed by atoms with Crippen molar-refractivity contribution in [3.8, 4) is 0 Å². The highest BCUT2D eigenvalue weighted by molar-refractivity contribution is 5.16. The minimum Gasteiger partial charge on any atom is -0.297 e. The summed E-state index contributed by atoms with van der Waals surface area (Å²) in [5.74, 6) is 5.00. The smallest absolute Gasteiger partial charge is 0.101 e. The second-order valence-corrected chi connectivity index (χ2v) is 2.19. The highest BCUT2D eigenvalue weighted by Crippen LogP contribution is 2.12. The van der Waals surface area contributed by atoms with Crippen LogP contribution in [0.4, 0.5) is 0 Å². The molecule has 0 fully saturated rings. The maximum atomic E-state index is 5.00. The molecule has 1 atom stereocenters. The van der Waals surface area contributed by atoms with Crippen LogP contribution in [0.2, 0.25) is 0 Å². The molecular weight excluding hydrogens is 126 g/mol. The van der Waals surface area contributed by atoms with E-state index in [0.29, 0.717) is 0 Å². The summed E-state index contributed by atoms with van der Waals surface area (Å²) in [6.45, 7) is 1.91. The molecule has 0 aliphatic heterocycles. The Morgan fingerprint density at radius 3 is 2.40 bits per heavy atom. The van der Waals surface area contributed by atoms with Crippen LogP contribution in [0, 0.1) is 0 Å². The van der Waals surface area contributed by atoms with Gasteiger partial charge in [-0.1, -0.05) is 30.3 Å². The Labute approximate surface area is 60.6 Å². The average Bonchev–Trinajstić information content (AvgIpc) is 2.05. The van der Waals surface area contributed by atoms with Crippen molar-refractivity contribution in [1.29, 1.82) is 0 Å². The molecule has 0 aliphatic carbocycles. The molecule has 0 unspecified atom stereocenters. The van der Waals surface area contributed by atoms with Crippen molar-refractivity contribution in [3.63, 3.8) is 0 Å². The van der Waals surface area contributed by atoms with Crippen molar-refractivity contribution < 1.29 is 4.84 Å². The molecule has 2 N–H and O–H groups in total. The number of nitrogens with two attached hydrogens (primary N) is 1. The first kappa shape index (κ1) is 7.25. The van der Waals surface area contributed by atoms with Crippen molar-refractivity contribution in [2.75, 3.05) is 0 Å². The topological polar surface area (TPSA) is 35.2 Å². The zero-order chi connectivity index (χ0) is 7.40. The second kappa shape index (κ2) is 3.34. The van der Waals surface area contributed by atoms with Crippen molar-refractivity contribution in [2.24, 2.45) is 5.90 Å². The maximum absolute atomic E-state index is 5.00. The molecule has 0 heterocycles. The molecule has 0 aliphatic rings. The lowest BCUT2D eigenvalue weighted by Gasteiger charge is -2.06. The lowest BCUT2D eigenvalue weighted by molar-refractivity contribution is 0.0664. The van der Waals surface area contributed by atoms with Crippen LogP contribution in [0.25, 0.3) is 0 Å². The van der Waals surface area contributed by atoms with Crippen LogP contribution in [0.5, 0.6) is 0 Å². The molecule has 0 saturated heterocycles. The summed E-state index contributed by atoms with van der Waals surface area (Å²) in [5, 5.41) is 0. The third kappa shape index (κ3) is 1.56. The fourth-order valence-electron chi connectivity index (χ4n) is 0.803. The third-order valence-electron chi connectivity index (χ3n) is 1.47. The molecule has 0 aromatic heterocycles. The van der Waals surface area contributed by atoms with Crippen LogP contribution in [-0.4, -0.2) is 0 Å². The number of hydrogen-bond acceptors (Lipinski definition) is 2. The van der Waals surface area contributed by atoms with E-state index in [1.807, 2.05) is 37.3 Å². The van der Waals surface area contributed by atoms with E-state index in [1.54, 1.807) is 0 Å². The minimum absolute atomic E-state index is 0.0128. The first-order chi connectivity index (χ1) is 4.84. The van der Waals surface area contributed by atoms with E-state index in [1.165, 1.54) is 0 Å². The van der Waals surface area contributed by atoms with E-state index in [9.17, 15) is 0 Å². The molecule has 10 heavy (non-hydrogen) atoms. The standard InChI is InChI=1S/C8H11NO/c1-7(10-9)8-5-3-2-4-6-8/h2-7H,9H2,1H3/t7-/m0/s1. The molecule has 0 spiro atoms. The van der Waals surface area contributed by atoms with Crippen LogP contribution in [-0.2, 0) is 4.84 Å². The summed E-state index contributed by atoms with van der Waals surface area (Å²) in [5.41, 5.74) is 1.10. The molecule has 0 saturated carbocycles. The van der Waals surface area contributed by atoms with E-state index in [2.05, 4.69) is 4.84 Å². The first-order valence-electron chi connectivity index (χ1n) is 3.25.